The Morgan fingerprint density at radius 2 is 1.04 bits per heavy atom. The zero-order valence-corrected chi connectivity index (χ0v) is 15.6. The number of carbonyl (C=O) groups excluding carboxylic acids is 2. The van der Waals surface area contributed by atoms with Crippen molar-refractivity contribution in [1.29, 1.82) is 0 Å². The van der Waals surface area contributed by atoms with Crippen LogP contribution in [0.5, 0.6) is 0 Å². The summed E-state index contributed by atoms with van der Waals surface area (Å²) in [5.74, 6) is -0.196. The Morgan fingerprint density at radius 3 is 1.35 bits per heavy atom. The minimum atomic E-state index is -0.0980. The van der Waals surface area contributed by atoms with Gasteiger partial charge >= 0.3 is 0 Å². The van der Waals surface area contributed by atoms with Crippen molar-refractivity contribution in [2.75, 3.05) is 0 Å². The van der Waals surface area contributed by atoms with Gasteiger partial charge in [-0.1, -0.05) is 63.1 Å². The molecule has 2 N–H and O–H groups in total. The maximum Gasteiger partial charge on any atom is 0.251 e. The summed E-state index contributed by atoms with van der Waals surface area (Å²) in [6, 6.07) is 18.2. The quantitative estimate of drug-likeness (QED) is 0.711. The summed E-state index contributed by atoms with van der Waals surface area (Å²) in [4.78, 5) is 25.1. The molecule has 2 amide bonds. The van der Waals surface area contributed by atoms with E-state index in [0.29, 0.717) is 11.1 Å². The van der Waals surface area contributed by atoms with Crippen molar-refractivity contribution >= 4 is 11.8 Å². The molecule has 0 fully saturated rings. The predicted octanol–water partition coefficient (Wildman–Crippen LogP) is 4.18. The van der Waals surface area contributed by atoms with E-state index >= 15 is 0 Å². The molecular formula is C22H28N2O2. The van der Waals surface area contributed by atoms with E-state index in [4.69, 9.17) is 0 Å². The highest BCUT2D eigenvalue weighted by atomic mass is 16.2. The number of carbonyl (C=O) groups is 2. The van der Waals surface area contributed by atoms with Gasteiger partial charge in [0.15, 0.2) is 0 Å². The summed E-state index contributed by atoms with van der Waals surface area (Å²) in [7, 11) is 0. The van der Waals surface area contributed by atoms with Crippen LogP contribution >= 0.6 is 0 Å². The largest absolute Gasteiger partial charge is 0.347 e. The molecule has 2 aromatic rings. The standard InChI is InChI=1S/C22H28N2O2/c1-3-11-19(23-21(25)17-13-7-5-8-14-17)20(12-4-2)24-22(26)18-15-9-6-10-16-18/h5-10,13-16,19-20H,3-4,11-12H2,1-2H3,(H,23,25)(H,24,26)/t19-,20+. The molecule has 0 unspecified atom stereocenters. The van der Waals surface area contributed by atoms with E-state index in [2.05, 4.69) is 24.5 Å². The lowest BCUT2D eigenvalue weighted by molar-refractivity contribution is 0.0875. The molecule has 2 aromatic carbocycles. The van der Waals surface area contributed by atoms with Crippen LogP contribution in [0.1, 0.15) is 60.2 Å². The van der Waals surface area contributed by atoms with Gasteiger partial charge in [-0.3, -0.25) is 9.59 Å². The Bertz CT molecular complexity index is 624. The van der Waals surface area contributed by atoms with E-state index in [0.717, 1.165) is 25.7 Å². The molecule has 138 valence electrons. The molecule has 0 spiro atoms. The summed E-state index contributed by atoms with van der Waals surface area (Å²) >= 11 is 0. The molecule has 0 radical (unpaired) electrons. The van der Waals surface area contributed by atoms with Crippen molar-refractivity contribution in [2.45, 2.75) is 51.6 Å². The summed E-state index contributed by atoms with van der Waals surface area (Å²) in [5, 5.41) is 6.24. The Morgan fingerprint density at radius 1 is 0.692 bits per heavy atom. The van der Waals surface area contributed by atoms with Crippen molar-refractivity contribution < 1.29 is 9.59 Å². The van der Waals surface area contributed by atoms with E-state index in [1.54, 1.807) is 24.3 Å². The van der Waals surface area contributed by atoms with Gasteiger partial charge in [0.2, 0.25) is 0 Å². The second-order valence-corrected chi connectivity index (χ2v) is 6.47. The molecule has 0 aliphatic rings. The van der Waals surface area contributed by atoms with Crippen LogP contribution in [0, 0.1) is 0 Å². The lowest BCUT2D eigenvalue weighted by atomic mass is 9.97. The van der Waals surface area contributed by atoms with Crippen LogP contribution in [0.4, 0.5) is 0 Å². The first-order valence-corrected chi connectivity index (χ1v) is 9.37. The Hall–Kier alpha value is -2.62. The lowest BCUT2D eigenvalue weighted by Gasteiger charge is -2.29. The molecular weight excluding hydrogens is 324 g/mol. The molecule has 4 heteroatoms. The zero-order valence-electron chi connectivity index (χ0n) is 15.6. The fraction of sp³-hybridized carbons (Fsp3) is 0.364. The van der Waals surface area contributed by atoms with Gasteiger partial charge in [-0.25, -0.2) is 0 Å². The third-order valence-electron chi connectivity index (χ3n) is 4.39. The van der Waals surface area contributed by atoms with Gasteiger partial charge in [-0.05, 0) is 37.1 Å². The second kappa shape index (κ2) is 10.4. The monoisotopic (exact) mass is 352 g/mol. The SMILES string of the molecule is CCC[C@H](NC(=O)c1ccccc1)[C@@H](CCC)NC(=O)c1ccccc1. The highest BCUT2D eigenvalue weighted by Gasteiger charge is 2.24. The van der Waals surface area contributed by atoms with Gasteiger partial charge in [-0.15, -0.1) is 0 Å². The number of amides is 2. The number of hydrogen-bond donors (Lipinski definition) is 2. The molecule has 2 rings (SSSR count). The third kappa shape index (κ3) is 5.73. The van der Waals surface area contributed by atoms with E-state index in [1.807, 2.05) is 36.4 Å². The van der Waals surface area contributed by atoms with Crippen LogP contribution in [0.25, 0.3) is 0 Å². The van der Waals surface area contributed by atoms with Crippen molar-refractivity contribution in [1.82, 2.24) is 10.6 Å². The minimum Gasteiger partial charge on any atom is -0.347 e. The van der Waals surface area contributed by atoms with Crippen molar-refractivity contribution in [3.05, 3.63) is 71.8 Å². The Labute approximate surface area is 156 Å². The second-order valence-electron chi connectivity index (χ2n) is 6.47. The smallest absolute Gasteiger partial charge is 0.251 e. The molecule has 26 heavy (non-hydrogen) atoms. The van der Waals surface area contributed by atoms with Crippen LogP contribution in [0.3, 0.4) is 0 Å². The predicted molar refractivity (Wildman–Crippen MR) is 105 cm³/mol. The highest BCUT2D eigenvalue weighted by Crippen LogP contribution is 2.12. The van der Waals surface area contributed by atoms with Crippen LogP contribution < -0.4 is 10.6 Å². The van der Waals surface area contributed by atoms with Crippen molar-refractivity contribution in [2.24, 2.45) is 0 Å². The first-order chi connectivity index (χ1) is 12.7. The molecule has 4 nitrogen and oxygen atoms in total. The summed E-state index contributed by atoms with van der Waals surface area (Å²) in [5.41, 5.74) is 1.27. The number of hydrogen-bond acceptors (Lipinski definition) is 2. The van der Waals surface area contributed by atoms with Crippen LogP contribution in [-0.2, 0) is 0 Å². The van der Waals surface area contributed by atoms with E-state index < -0.39 is 0 Å². The van der Waals surface area contributed by atoms with Crippen LogP contribution in [0.15, 0.2) is 60.7 Å². The van der Waals surface area contributed by atoms with Crippen LogP contribution in [0.2, 0.25) is 0 Å². The van der Waals surface area contributed by atoms with Gasteiger partial charge in [0.25, 0.3) is 11.8 Å². The van der Waals surface area contributed by atoms with Gasteiger partial charge < -0.3 is 10.6 Å². The molecule has 0 aliphatic carbocycles. The Kier molecular flexibility index (Phi) is 7.87. The first kappa shape index (κ1) is 19.7. The van der Waals surface area contributed by atoms with E-state index in [-0.39, 0.29) is 23.9 Å². The maximum atomic E-state index is 12.6. The average Bonchev–Trinajstić information content (AvgIpc) is 2.68. The number of rotatable bonds is 9. The fourth-order valence-electron chi connectivity index (χ4n) is 3.05. The van der Waals surface area contributed by atoms with Gasteiger partial charge in [-0.2, -0.15) is 0 Å². The number of nitrogens with one attached hydrogen (secondary N) is 2. The van der Waals surface area contributed by atoms with Gasteiger partial charge in [0.1, 0.15) is 0 Å². The fourth-order valence-corrected chi connectivity index (χ4v) is 3.05. The highest BCUT2D eigenvalue weighted by molar-refractivity contribution is 5.95. The summed E-state index contributed by atoms with van der Waals surface area (Å²) in [6.45, 7) is 4.17. The first-order valence-electron chi connectivity index (χ1n) is 9.37. The molecule has 0 aromatic heterocycles. The Balaban J connectivity index is 2.11. The number of benzene rings is 2. The third-order valence-corrected chi connectivity index (χ3v) is 4.39. The molecule has 0 heterocycles. The molecule has 0 aliphatic heterocycles. The maximum absolute atomic E-state index is 12.6. The van der Waals surface area contributed by atoms with Crippen molar-refractivity contribution in [3.8, 4) is 0 Å². The minimum absolute atomic E-state index is 0.0969. The lowest BCUT2D eigenvalue weighted by Crippen LogP contribution is -2.51. The van der Waals surface area contributed by atoms with E-state index in [9.17, 15) is 9.59 Å². The summed E-state index contributed by atoms with van der Waals surface area (Å²) in [6.07, 6.45) is 3.50. The van der Waals surface area contributed by atoms with Crippen molar-refractivity contribution in [3.63, 3.8) is 0 Å². The zero-order chi connectivity index (χ0) is 18.8. The average molecular weight is 352 g/mol. The molecule has 0 saturated carbocycles. The van der Waals surface area contributed by atoms with Gasteiger partial charge in [0.05, 0.1) is 0 Å². The summed E-state index contributed by atoms with van der Waals surface area (Å²) < 4.78 is 0. The molecule has 0 saturated heterocycles. The van der Waals surface area contributed by atoms with Crippen LogP contribution in [-0.4, -0.2) is 23.9 Å². The molecule has 0 bridgehead atoms. The van der Waals surface area contributed by atoms with E-state index in [1.165, 1.54) is 0 Å². The van der Waals surface area contributed by atoms with Gasteiger partial charge in [0, 0.05) is 23.2 Å². The molecule has 2 atom stereocenters. The topological polar surface area (TPSA) is 58.2 Å². The normalized spacial score (nSPS) is 12.8.